The van der Waals surface area contributed by atoms with Gasteiger partial charge in [0.15, 0.2) is 0 Å². The van der Waals surface area contributed by atoms with Crippen LogP contribution in [0.3, 0.4) is 0 Å². The van der Waals surface area contributed by atoms with Crippen LogP contribution in [-0.2, 0) is 61.9 Å². The Balaban J connectivity index is 1.24. The molecular formula is C46H62O13. The maximum atomic E-state index is 11.9. The summed E-state index contributed by atoms with van der Waals surface area (Å²) in [6, 6.07) is 18.6. The van der Waals surface area contributed by atoms with Gasteiger partial charge in [-0.05, 0) is 49.0 Å². The SMILES string of the molecule is O=C(/C=C/c1ccccc1)OC(=O)CCCCCCCCC(=O)OCCOCCOCCOCCOC(=O)CCCCCCCCC(=O)OC(=O)/C=C/c1ccccc1. The van der Waals surface area contributed by atoms with Crippen LogP contribution in [0.4, 0.5) is 0 Å². The van der Waals surface area contributed by atoms with Crippen LogP contribution in [0.1, 0.15) is 114 Å². The standard InChI is InChI=1S/C46H62O13/c47-41(23-15-5-1-3-7-17-25-43(49)58-45(51)29-27-39-19-11-9-12-20-39)56-37-35-54-33-31-53-32-34-55-36-38-57-42(48)24-16-6-2-4-8-18-26-44(50)59-46(52)30-28-40-21-13-10-14-22-40/h9-14,19-22,27-30H,1-8,15-18,23-26,31-38H2/b29-27+,30-28+. The number of hydrogen-bond donors (Lipinski definition) is 0. The monoisotopic (exact) mass is 822 g/mol. The average molecular weight is 823 g/mol. The van der Waals surface area contributed by atoms with Crippen molar-refractivity contribution in [3.05, 3.63) is 83.9 Å². The lowest BCUT2D eigenvalue weighted by Gasteiger charge is -2.08. The summed E-state index contributed by atoms with van der Waals surface area (Å²) in [5.74, 6) is -2.91. The van der Waals surface area contributed by atoms with Gasteiger partial charge in [0.05, 0.1) is 39.6 Å². The normalized spacial score (nSPS) is 11.1. The maximum Gasteiger partial charge on any atom is 0.338 e. The average Bonchev–Trinajstić information content (AvgIpc) is 3.23. The zero-order valence-electron chi connectivity index (χ0n) is 34.4. The summed E-state index contributed by atoms with van der Waals surface area (Å²) in [4.78, 5) is 71.0. The summed E-state index contributed by atoms with van der Waals surface area (Å²) in [6.07, 6.45) is 16.7. The lowest BCUT2D eigenvalue weighted by atomic mass is 10.1. The molecular weight excluding hydrogens is 760 g/mol. The summed E-state index contributed by atoms with van der Waals surface area (Å²) in [6.45, 7) is 2.40. The Morgan fingerprint density at radius 3 is 0.983 bits per heavy atom. The van der Waals surface area contributed by atoms with E-state index >= 15 is 0 Å². The lowest BCUT2D eigenvalue weighted by Crippen LogP contribution is -2.15. The van der Waals surface area contributed by atoms with Crippen molar-refractivity contribution in [3.63, 3.8) is 0 Å². The fourth-order valence-corrected chi connectivity index (χ4v) is 5.46. The molecule has 13 heteroatoms. The van der Waals surface area contributed by atoms with Gasteiger partial charge in [-0.3, -0.25) is 19.2 Å². The Labute approximate surface area is 348 Å². The van der Waals surface area contributed by atoms with Crippen molar-refractivity contribution in [2.24, 2.45) is 0 Å². The van der Waals surface area contributed by atoms with Gasteiger partial charge in [0.1, 0.15) is 13.2 Å². The summed E-state index contributed by atoms with van der Waals surface area (Å²) in [5.41, 5.74) is 1.70. The Kier molecular flexibility index (Phi) is 29.8. The van der Waals surface area contributed by atoms with Crippen molar-refractivity contribution >= 4 is 48.0 Å². The first kappa shape index (κ1) is 50.2. The van der Waals surface area contributed by atoms with Crippen LogP contribution in [0.15, 0.2) is 72.8 Å². The van der Waals surface area contributed by atoms with E-state index < -0.39 is 23.9 Å². The minimum Gasteiger partial charge on any atom is -0.463 e. The van der Waals surface area contributed by atoms with E-state index in [1.165, 1.54) is 12.2 Å². The predicted octanol–water partition coefficient (Wildman–Crippen LogP) is 7.93. The Hall–Kier alpha value is -4.98. The molecule has 0 radical (unpaired) electrons. The lowest BCUT2D eigenvalue weighted by molar-refractivity contribution is -0.158. The van der Waals surface area contributed by atoms with Crippen molar-refractivity contribution in [3.8, 4) is 0 Å². The van der Waals surface area contributed by atoms with Crippen LogP contribution in [0.2, 0.25) is 0 Å². The number of carbonyl (C=O) groups is 6. The highest BCUT2D eigenvalue weighted by Crippen LogP contribution is 2.12. The van der Waals surface area contributed by atoms with E-state index in [4.69, 9.17) is 33.2 Å². The molecule has 2 aromatic rings. The molecule has 0 bridgehead atoms. The minimum absolute atomic E-state index is 0.181. The third-order valence-electron chi connectivity index (χ3n) is 8.60. The van der Waals surface area contributed by atoms with Gasteiger partial charge in [-0.2, -0.15) is 0 Å². The Morgan fingerprint density at radius 2 is 0.644 bits per heavy atom. The molecule has 0 saturated carbocycles. The van der Waals surface area contributed by atoms with Gasteiger partial charge in [-0.1, -0.05) is 112 Å². The third kappa shape index (κ3) is 30.7. The molecule has 0 aliphatic heterocycles. The number of carbonyl (C=O) groups excluding carboxylic acids is 6. The van der Waals surface area contributed by atoms with E-state index in [1.807, 2.05) is 60.7 Å². The van der Waals surface area contributed by atoms with E-state index in [9.17, 15) is 28.8 Å². The van der Waals surface area contributed by atoms with Crippen molar-refractivity contribution in [1.82, 2.24) is 0 Å². The number of unbranched alkanes of at least 4 members (excludes halogenated alkanes) is 10. The highest BCUT2D eigenvalue weighted by Gasteiger charge is 2.09. The van der Waals surface area contributed by atoms with Gasteiger partial charge in [0.2, 0.25) is 0 Å². The smallest absolute Gasteiger partial charge is 0.338 e. The summed E-state index contributed by atoms with van der Waals surface area (Å²) < 4.78 is 36.3. The second kappa shape index (κ2) is 35.0. The predicted molar refractivity (Wildman–Crippen MR) is 221 cm³/mol. The highest BCUT2D eigenvalue weighted by molar-refractivity contribution is 5.95. The van der Waals surface area contributed by atoms with Crippen LogP contribution >= 0.6 is 0 Å². The highest BCUT2D eigenvalue weighted by atomic mass is 16.6. The van der Waals surface area contributed by atoms with Gasteiger partial charge >= 0.3 is 35.8 Å². The molecule has 0 amide bonds. The summed E-state index contributed by atoms with van der Waals surface area (Å²) in [7, 11) is 0. The van der Waals surface area contributed by atoms with Crippen molar-refractivity contribution < 1.29 is 61.9 Å². The van der Waals surface area contributed by atoms with E-state index in [2.05, 4.69) is 0 Å². The first-order valence-electron chi connectivity index (χ1n) is 20.8. The summed E-state index contributed by atoms with van der Waals surface area (Å²) in [5, 5.41) is 0. The molecule has 0 N–H and O–H groups in total. The number of ether oxygens (including phenoxy) is 7. The number of esters is 6. The van der Waals surface area contributed by atoms with Gasteiger partial charge < -0.3 is 33.2 Å². The van der Waals surface area contributed by atoms with Crippen LogP contribution < -0.4 is 0 Å². The molecule has 59 heavy (non-hydrogen) atoms. The van der Waals surface area contributed by atoms with E-state index in [0.29, 0.717) is 52.1 Å². The number of rotatable bonds is 34. The molecule has 0 unspecified atom stereocenters. The second-order valence-corrected chi connectivity index (χ2v) is 13.6. The minimum atomic E-state index is -0.672. The van der Waals surface area contributed by atoms with E-state index in [-0.39, 0.29) is 51.2 Å². The molecule has 2 rings (SSSR count). The summed E-state index contributed by atoms with van der Waals surface area (Å²) >= 11 is 0. The topological polar surface area (TPSA) is 167 Å². The van der Waals surface area contributed by atoms with Gasteiger partial charge in [-0.25, -0.2) is 9.59 Å². The fraction of sp³-hybridized carbons (Fsp3) is 0.522. The molecule has 0 aliphatic carbocycles. The number of benzene rings is 2. The van der Waals surface area contributed by atoms with Crippen molar-refractivity contribution in [2.45, 2.75) is 103 Å². The van der Waals surface area contributed by atoms with E-state index in [1.54, 1.807) is 12.2 Å². The third-order valence-corrected chi connectivity index (χ3v) is 8.60. The molecule has 0 fully saturated rings. The fourth-order valence-electron chi connectivity index (χ4n) is 5.46. The van der Waals surface area contributed by atoms with Crippen molar-refractivity contribution in [2.75, 3.05) is 52.9 Å². The molecule has 0 aliphatic rings. The zero-order chi connectivity index (χ0) is 42.4. The van der Waals surface area contributed by atoms with E-state index in [0.717, 1.165) is 75.3 Å². The molecule has 2 aromatic carbocycles. The number of hydrogen-bond acceptors (Lipinski definition) is 13. The van der Waals surface area contributed by atoms with Gasteiger partial charge in [0.25, 0.3) is 0 Å². The maximum absolute atomic E-state index is 11.9. The second-order valence-electron chi connectivity index (χ2n) is 13.6. The molecule has 13 nitrogen and oxygen atoms in total. The quantitative estimate of drug-likeness (QED) is 0.0220. The zero-order valence-corrected chi connectivity index (χ0v) is 34.4. The van der Waals surface area contributed by atoms with Gasteiger partial charge in [0, 0.05) is 37.8 Å². The van der Waals surface area contributed by atoms with Gasteiger partial charge in [-0.15, -0.1) is 0 Å². The first-order valence-corrected chi connectivity index (χ1v) is 20.8. The Morgan fingerprint density at radius 1 is 0.356 bits per heavy atom. The first-order chi connectivity index (χ1) is 28.8. The Bertz CT molecular complexity index is 1410. The van der Waals surface area contributed by atoms with Crippen LogP contribution in [0, 0.1) is 0 Å². The molecule has 0 spiro atoms. The molecule has 0 aromatic heterocycles. The van der Waals surface area contributed by atoms with Crippen LogP contribution in [0.25, 0.3) is 12.2 Å². The molecule has 324 valence electrons. The molecule has 0 atom stereocenters. The van der Waals surface area contributed by atoms with Crippen LogP contribution in [-0.4, -0.2) is 88.7 Å². The van der Waals surface area contributed by atoms with Crippen molar-refractivity contribution in [1.29, 1.82) is 0 Å². The van der Waals surface area contributed by atoms with Crippen LogP contribution in [0.5, 0.6) is 0 Å². The molecule has 0 saturated heterocycles. The molecule has 0 heterocycles. The largest absolute Gasteiger partial charge is 0.463 e.